The van der Waals surface area contributed by atoms with Gasteiger partial charge in [0.15, 0.2) is 0 Å². The molecule has 0 aliphatic carbocycles. The number of para-hydroxylation sites is 1. The third-order valence-corrected chi connectivity index (χ3v) is 4.26. The molecule has 1 saturated heterocycles. The Morgan fingerprint density at radius 1 is 1.14 bits per heavy atom. The number of hydrogen-bond acceptors (Lipinski definition) is 6. The van der Waals surface area contributed by atoms with Gasteiger partial charge >= 0.3 is 12.2 Å². The zero-order chi connectivity index (χ0) is 20.7. The number of carbonyl (C=O) groups excluding carboxylic acids is 3. The van der Waals surface area contributed by atoms with Gasteiger partial charge in [-0.1, -0.05) is 18.2 Å². The molecule has 0 atom stereocenters. The minimum Gasteiger partial charge on any atom is -0.448 e. The SMILES string of the molecule is CC(C)(C)OC(=O)N1CCC(C(=O)N(C(=O)OCCN)c2ccccc2)CC1. The first-order valence-corrected chi connectivity index (χ1v) is 9.46. The normalized spacial score (nSPS) is 15.1. The van der Waals surface area contributed by atoms with Gasteiger partial charge in [0, 0.05) is 25.6 Å². The molecular weight excluding hydrogens is 362 g/mol. The van der Waals surface area contributed by atoms with Crippen LogP contribution in [0.4, 0.5) is 15.3 Å². The lowest BCUT2D eigenvalue weighted by Crippen LogP contribution is -2.47. The van der Waals surface area contributed by atoms with Gasteiger partial charge in [-0.05, 0) is 45.7 Å². The minimum absolute atomic E-state index is 0.0343. The Hall–Kier alpha value is -2.61. The Morgan fingerprint density at radius 3 is 2.29 bits per heavy atom. The average molecular weight is 391 g/mol. The molecule has 3 amide bonds. The summed E-state index contributed by atoms with van der Waals surface area (Å²) in [5.41, 5.74) is 5.27. The van der Waals surface area contributed by atoms with E-state index in [1.54, 1.807) is 35.2 Å². The van der Waals surface area contributed by atoms with Crippen LogP contribution in [0.2, 0.25) is 0 Å². The van der Waals surface area contributed by atoms with Gasteiger partial charge in [0.1, 0.15) is 12.2 Å². The molecule has 8 nitrogen and oxygen atoms in total. The second-order valence-electron chi connectivity index (χ2n) is 7.65. The van der Waals surface area contributed by atoms with Crippen molar-refractivity contribution in [3.8, 4) is 0 Å². The average Bonchev–Trinajstić information content (AvgIpc) is 2.66. The summed E-state index contributed by atoms with van der Waals surface area (Å²) in [6, 6.07) is 8.65. The van der Waals surface area contributed by atoms with Crippen LogP contribution in [0, 0.1) is 5.92 Å². The number of anilines is 1. The van der Waals surface area contributed by atoms with E-state index in [2.05, 4.69) is 0 Å². The first kappa shape index (κ1) is 21.7. The van der Waals surface area contributed by atoms with Gasteiger partial charge in [-0.2, -0.15) is 0 Å². The molecule has 8 heteroatoms. The number of benzene rings is 1. The first-order valence-electron chi connectivity index (χ1n) is 9.46. The first-order chi connectivity index (χ1) is 13.2. The van der Waals surface area contributed by atoms with Crippen molar-refractivity contribution in [1.29, 1.82) is 0 Å². The van der Waals surface area contributed by atoms with Crippen molar-refractivity contribution in [2.45, 2.75) is 39.2 Å². The van der Waals surface area contributed by atoms with E-state index in [1.165, 1.54) is 0 Å². The van der Waals surface area contributed by atoms with Crippen molar-refractivity contribution < 1.29 is 23.9 Å². The maximum atomic E-state index is 13.1. The van der Waals surface area contributed by atoms with Gasteiger partial charge in [-0.15, -0.1) is 0 Å². The van der Waals surface area contributed by atoms with E-state index in [1.807, 2.05) is 20.8 Å². The van der Waals surface area contributed by atoms with Crippen LogP contribution in [-0.4, -0.2) is 54.8 Å². The number of imide groups is 1. The quantitative estimate of drug-likeness (QED) is 0.847. The molecule has 0 bridgehead atoms. The monoisotopic (exact) mass is 391 g/mol. The lowest BCUT2D eigenvalue weighted by molar-refractivity contribution is -0.123. The second-order valence-corrected chi connectivity index (χ2v) is 7.65. The number of likely N-dealkylation sites (tertiary alicyclic amines) is 1. The van der Waals surface area contributed by atoms with Crippen LogP contribution in [-0.2, 0) is 14.3 Å². The molecule has 1 aliphatic heterocycles. The lowest BCUT2D eigenvalue weighted by atomic mass is 9.95. The molecule has 1 aromatic carbocycles. The molecule has 0 radical (unpaired) electrons. The van der Waals surface area contributed by atoms with Crippen LogP contribution < -0.4 is 10.6 Å². The van der Waals surface area contributed by atoms with E-state index in [9.17, 15) is 14.4 Å². The Kier molecular flexibility index (Phi) is 7.39. The number of piperidine rings is 1. The highest BCUT2D eigenvalue weighted by molar-refractivity contribution is 6.13. The summed E-state index contributed by atoms with van der Waals surface area (Å²) < 4.78 is 10.5. The van der Waals surface area contributed by atoms with E-state index in [0.29, 0.717) is 31.6 Å². The van der Waals surface area contributed by atoms with Gasteiger partial charge in [-0.3, -0.25) is 4.79 Å². The van der Waals surface area contributed by atoms with E-state index in [4.69, 9.17) is 15.2 Å². The zero-order valence-corrected chi connectivity index (χ0v) is 16.7. The molecule has 0 unspecified atom stereocenters. The molecule has 0 saturated carbocycles. The van der Waals surface area contributed by atoms with Crippen LogP contribution >= 0.6 is 0 Å². The largest absolute Gasteiger partial charge is 0.448 e. The van der Waals surface area contributed by atoms with Gasteiger partial charge in [0.05, 0.1) is 5.69 Å². The van der Waals surface area contributed by atoms with Crippen LogP contribution in [0.1, 0.15) is 33.6 Å². The van der Waals surface area contributed by atoms with Gasteiger partial charge in [0.25, 0.3) is 0 Å². The predicted molar refractivity (Wildman–Crippen MR) is 105 cm³/mol. The maximum absolute atomic E-state index is 13.1. The Bertz CT molecular complexity index is 679. The van der Waals surface area contributed by atoms with Crippen molar-refractivity contribution in [2.75, 3.05) is 31.1 Å². The fraction of sp³-hybridized carbons (Fsp3) is 0.550. The van der Waals surface area contributed by atoms with Crippen LogP contribution in [0.5, 0.6) is 0 Å². The van der Waals surface area contributed by atoms with Crippen molar-refractivity contribution in [3.05, 3.63) is 30.3 Å². The summed E-state index contributed by atoms with van der Waals surface area (Å²) in [4.78, 5) is 40.4. The molecule has 28 heavy (non-hydrogen) atoms. The molecule has 1 fully saturated rings. The van der Waals surface area contributed by atoms with E-state index < -0.39 is 11.7 Å². The molecule has 2 rings (SSSR count). The summed E-state index contributed by atoms with van der Waals surface area (Å²) in [5.74, 6) is -0.721. The number of carbonyl (C=O) groups is 3. The van der Waals surface area contributed by atoms with E-state index in [-0.39, 0.29) is 31.1 Å². The topological polar surface area (TPSA) is 102 Å². The Labute approximate surface area is 165 Å². The molecule has 1 aromatic rings. The van der Waals surface area contributed by atoms with Crippen LogP contribution in [0.3, 0.4) is 0 Å². The highest BCUT2D eigenvalue weighted by Crippen LogP contribution is 2.25. The van der Waals surface area contributed by atoms with Gasteiger partial charge in [0.2, 0.25) is 5.91 Å². The van der Waals surface area contributed by atoms with Crippen molar-refractivity contribution in [3.63, 3.8) is 0 Å². The van der Waals surface area contributed by atoms with Crippen LogP contribution in [0.15, 0.2) is 30.3 Å². The molecule has 1 aliphatic rings. The maximum Gasteiger partial charge on any atom is 0.421 e. The van der Waals surface area contributed by atoms with Gasteiger partial charge in [-0.25, -0.2) is 14.5 Å². The second kappa shape index (κ2) is 9.54. The molecule has 0 spiro atoms. The fourth-order valence-electron chi connectivity index (χ4n) is 2.93. The van der Waals surface area contributed by atoms with Gasteiger partial charge < -0.3 is 20.1 Å². The molecule has 154 valence electrons. The zero-order valence-electron chi connectivity index (χ0n) is 16.7. The molecule has 1 heterocycles. The lowest BCUT2D eigenvalue weighted by Gasteiger charge is -2.34. The summed E-state index contributed by atoms with van der Waals surface area (Å²) >= 11 is 0. The highest BCUT2D eigenvalue weighted by atomic mass is 16.6. The number of nitrogens with two attached hydrogens (primary N) is 1. The number of rotatable bonds is 4. The highest BCUT2D eigenvalue weighted by Gasteiger charge is 2.35. The number of amides is 3. The van der Waals surface area contributed by atoms with E-state index in [0.717, 1.165) is 4.90 Å². The third kappa shape index (κ3) is 5.95. The number of hydrogen-bond donors (Lipinski definition) is 1. The van der Waals surface area contributed by atoms with Crippen LogP contribution in [0.25, 0.3) is 0 Å². The number of ether oxygens (including phenoxy) is 2. The summed E-state index contributed by atoms with van der Waals surface area (Å²) in [5, 5.41) is 0. The fourth-order valence-corrected chi connectivity index (χ4v) is 2.93. The molecule has 2 N–H and O–H groups in total. The van der Waals surface area contributed by atoms with Crippen molar-refractivity contribution in [2.24, 2.45) is 11.7 Å². The minimum atomic E-state index is -0.740. The summed E-state index contributed by atoms with van der Waals surface area (Å²) in [7, 11) is 0. The number of nitrogens with zero attached hydrogens (tertiary/aromatic N) is 2. The van der Waals surface area contributed by atoms with Crippen molar-refractivity contribution in [1.82, 2.24) is 4.90 Å². The Morgan fingerprint density at radius 2 is 1.75 bits per heavy atom. The van der Waals surface area contributed by atoms with Crippen molar-refractivity contribution >= 4 is 23.8 Å². The Balaban J connectivity index is 2.05. The summed E-state index contributed by atoms with van der Waals surface area (Å²) in [6.07, 6.45) is -0.228. The summed E-state index contributed by atoms with van der Waals surface area (Å²) in [6.45, 7) is 6.44. The molecular formula is C20H29N3O5. The van der Waals surface area contributed by atoms with E-state index >= 15 is 0 Å². The third-order valence-electron chi connectivity index (χ3n) is 4.26. The predicted octanol–water partition coefficient (Wildman–Crippen LogP) is 2.76. The standard InChI is InChI=1S/C20H29N3O5/c1-20(2,3)28-18(25)22-12-9-15(10-13-22)17(24)23(19(26)27-14-11-21)16-7-5-4-6-8-16/h4-8,15H,9-14,21H2,1-3H3. The molecule has 0 aromatic heterocycles. The smallest absolute Gasteiger partial charge is 0.421 e.